The zero-order chi connectivity index (χ0) is 22.5. The van der Waals surface area contributed by atoms with Gasteiger partial charge in [0.25, 0.3) is 5.91 Å². The molecule has 1 fully saturated rings. The number of benzene rings is 1. The number of carbonyl (C=O) groups excluding carboxylic acids is 1. The molecule has 168 valence electrons. The molecule has 0 radical (unpaired) electrons. The molecule has 0 aliphatic carbocycles. The average Bonchev–Trinajstić information content (AvgIpc) is 3.27. The number of piperidine rings is 1. The van der Waals surface area contributed by atoms with Crippen LogP contribution in [0.25, 0.3) is 11.4 Å². The van der Waals surface area contributed by atoms with Crippen LogP contribution in [-0.4, -0.2) is 51.3 Å². The molecule has 0 saturated carbocycles. The van der Waals surface area contributed by atoms with E-state index in [1.807, 2.05) is 13.0 Å². The van der Waals surface area contributed by atoms with Crippen LogP contribution in [0.4, 0.5) is 4.39 Å². The lowest BCUT2D eigenvalue weighted by molar-refractivity contribution is 0.0945. The van der Waals surface area contributed by atoms with Crippen LogP contribution in [0, 0.1) is 18.7 Å². The Bertz CT molecular complexity index is 1100. The molecule has 10 heteroatoms. The molecule has 2 aromatic heterocycles. The van der Waals surface area contributed by atoms with E-state index in [0.29, 0.717) is 35.1 Å². The number of rotatable bonds is 7. The second-order valence-corrected chi connectivity index (χ2v) is 7.91. The van der Waals surface area contributed by atoms with Crippen LogP contribution in [0.2, 0.25) is 0 Å². The molecule has 0 spiro atoms. The minimum atomic E-state index is -0.451. The maximum Gasteiger partial charge on any atom is 0.270 e. The molecule has 0 bridgehead atoms. The maximum atomic E-state index is 13.6. The highest BCUT2D eigenvalue weighted by Crippen LogP contribution is 2.19. The lowest BCUT2D eigenvalue weighted by Crippen LogP contribution is -2.32. The zero-order valence-electron chi connectivity index (χ0n) is 18.1. The monoisotopic (exact) mass is 439 g/mol. The van der Waals surface area contributed by atoms with Gasteiger partial charge < -0.3 is 15.4 Å². The Hall–Kier alpha value is -3.40. The Morgan fingerprint density at radius 3 is 3.00 bits per heavy atom. The highest BCUT2D eigenvalue weighted by Gasteiger charge is 2.17. The van der Waals surface area contributed by atoms with E-state index in [9.17, 15) is 9.18 Å². The molecular formula is C22H26FN7O2. The molecule has 2 N–H and O–H groups in total. The number of carbonyl (C=O) groups is 1. The first-order chi connectivity index (χ1) is 15.5. The predicted molar refractivity (Wildman–Crippen MR) is 116 cm³/mol. The smallest absolute Gasteiger partial charge is 0.270 e. The van der Waals surface area contributed by atoms with Gasteiger partial charge in [-0.25, -0.2) is 9.37 Å². The van der Waals surface area contributed by atoms with Crippen molar-refractivity contribution in [2.45, 2.75) is 32.9 Å². The van der Waals surface area contributed by atoms with Gasteiger partial charge in [-0.15, -0.1) is 10.2 Å². The molecule has 1 amide bonds. The highest BCUT2D eigenvalue weighted by atomic mass is 19.1. The van der Waals surface area contributed by atoms with Crippen molar-refractivity contribution in [2.75, 3.05) is 20.2 Å². The molecule has 3 heterocycles. The number of methoxy groups -OCH3 is 1. The summed E-state index contributed by atoms with van der Waals surface area (Å²) in [5.41, 5.74) is 2.32. The quantitative estimate of drug-likeness (QED) is 0.581. The number of aryl methyl sites for hydroxylation is 1. The van der Waals surface area contributed by atoms with Crippen LogP contribution in [0.5, 0.6) is 5.75 Å². The van der Waals surface area contributed by atoms with Crippen molar-refractivity contribution >= 4 is 5.91 Å². The first kappa shape index (κ1) is 21.8. The molecule has 32 heavy (non-hydrogen) atoms. The first-order valence-corrected chi connectivity index (χ1v) is 10.6. The number of hydrogen-bond acceptors (Lipinski definition) is 7. The van der Waals surface area contributed by atoms with Crippen molar-refractivity contribution in [1.82, 2.24) is 35.8 Å². The fourth-order valence-corrected chi connectivity index (χ4v) is 3.75. The number of ether oxygens (including phenoxy) is 1. The summed E-state index contributed by atoms with van der Waals surface area (Å²) in [5.74, 6) is 0.269. The molecule has 1 aliphatic rings. The molecule has 1 aliphatic heterocycles. The molecule has 1 aromatic carbocycles. The van der Waals surface area contributed by atoms with Crippen molar-refractivity contribution in [3.05, 3.63) is 53.1 Å². The molecule has 0 unspecified atom stereocenters. The van der Waals surface area contributed by atoms with Crippen molar-refractivity contribution < 1.29 is 13.9 Å². The summed E-state index contributed by atoms with van der Waals surface area (Å²) in [5, 5.41) is 19.0. The van der Waals surface area contributed by atoms with Crippen LogP contribution in [-0.2, 0) is 13.1 Å². The minimum Gasteiger partial charge on any atom is -0.494 e. The zero-order valence-corrected chi connectivity index (χ0v) is 18.1. The minimum absolute atomic E-state index is 0.130. The standard InChI is InChI=1S/C22H26FN7O2/c1-14-8-17(21-27-29-30(28-21)13-16-4-3-7-24-11-16)10-19(26-14)22(31)25-12-15-5-6-18(23)20(9-15)32-2/h5-6,8-10,16,24H,3-4,7,11-13H2,1-2H3,(H,25,31)/t16-/m0/s1. The van der Waals surface area contributed by atoms with Gasteiger partial charge in [-0.3, -0.25) is 4.79 Å². The van der Waals surface area contributed by atoms with E-state index in [4.69, 9.17) is 4.74 Å². The first-order valence-electron chi connectivity index (χ1n) is 10.6. The van der Waals surface area contributed by atoms with Gasteiger partial charge in [0.15, 0.2) is 11.6 Å². The van der Waals surface area contributed by atoms with Crippen molar-refractivity contribution in [2.24, 2.45) is 5.92 Å². The summed E-state index contributed by atoms with van der Waals surface area (Å²) in [6.07, 6.45) is 2.29. The summed E-state index contributed by atoms with van der Waals surface area (Å²) in [6.45, 7) is 4.74. The number of nitrogens with one attached hydrogen (secondary N) is 2. The van der Waals surface area contributed by atoms with E-state index in [2.05, 4.69) is 31.0 Å². The third kappa shape index (κ3) is 5.25. The number of hydrogen-bond donors (Lipinski definition) is 2. The van der Waals surface area contributed by atoms with Gasteiger partial charge in [-0.05, 0) is 73.8 Å². The number of tetrazole rings is 1. The van der Waals surface area contributed by atoms with E-state index in [1.165, 1.54) is 13.2 Å². The third-order valence-electron chi connectivity index (χ3n) is 5.39. The fraction of sp³-hybridized carbons (Fsp3) is 0.409. The molecular weight excluding hydrogens is 413 g/mol. The Balaban J connectivity index is 1.44. The summed E-state index contributed by atoms with van der Waals surface area (Å²) in [4.78, 5) is 18.6. The lowest BCUT2D eigenvalue weighted by atomic mass is 10.0. The SMILES string of the molecule is COc1cc(CNC(=O)c2cc(-c3nnn(C[C@H]4CCCNC4)n3)cc(C)n2)ccc1F. The van der Waals surface area contributed by atoms with Gasteiger partial charge in [0, 0.05) is 17.8 Å². The summed E-state index contributed by atoms with van der Waals surface area (Å²) in [6, 6.07) is 7.93. The topological polar surface area (TPSA) is 107 Å². The Morgan fingerprint density at radius 2 is 2.22 bits per heavy atom. The lowest BCUT2D eigenvalue weighted by Gasteiger charge is -2.21. The molecule has 4 rings (SSSR count). The van der Waals surface area contributed by atoms with Gasteiger partial charge in [-0.1, -0.05) is 6.07 Å². The summed E-state index contributed by atoms with van der Waals surface area (Å²) in [7, 11) is 1.40. The number of nitrogens with zero attached hydrogens (tertiary/aromatic N) is 5. The van der Waals surface area contributed by atoms with Crippen molar-refractivity contribution in [3.8, 4) is 17.1 Å². The van der Waals surface area contributed by atoms with Crippen LogP contribution in [0.1, 0.15) is 34.6 Å². The summed E-state index contributed by atoms with van der Waals surface area (Å²) >= 11 is 0. The Kier molecular flexibility index (Phi) is 6.69. The molecule has 3 aromatic rings. The van der Waals surface area contributed by atoms with E-state index in [-0.39, 0.29) is 23.9 Å². The van der Waals surface area contributed by atoms with Crippen LogP contribution < -0.4 is 15.4 Å². The van der Waals surface area contributed by atoms with Crippen LogP contribution in [0.3, 0.4) is 0 Å². The molecule has 1 saturated heterocycles. The van der Waals surface area contributed by atoms with Crippen molar-refractivity contribution in [1.29, 1.82) is 0 Å². The van der Waals surface area contributed by atoms with Gasteiger partial charge in [0.1, 0.15) is 5.69 Å². The van der Waals surface area contributed by atoms with Crippen LogP contribution in [0.15, 0.2) is 30.3 Å². The third-order valence-corrected chi connectivity index (χ3v) is 5.39. The molecule has 1 atom stereocenters. The van der Waals surface area contributed by atoms with Gasteiger partial charge >= 0.3 is 0 Å². The fourth-order valence-electron chi connectivity index (χ4n) is 3.75. The number of amides is 1. The van der Waals surface area contributed by atoms with E-state index in [0.717, 1.165) is 25.9 Å². The summed E-state index contributed by atoms with van der Waals surface area (Å²) < 4.78 is 18.6. The van der Waals surface area contributed by atoms with E-state index in [1.54, 1.807) is 23.0 Å². The van der Waals surface area contributed by atoms with Gasteiger partial charge in [0.2, 0.25) is 5.82 Å². The number of pyridine rings is 1. The predicted octanol–water partition coefficient (Wildman–Crippen LogP) is 2.12. The second-order valence-electron chi connectivity index (χ2n) is 7.91. The van der Waals surface area contributed by atoms with E-state index < -0.39 is 5.82 Å². The maximum absolute atomic E-state index is 13.6. The van der Waals surface area contributed by atoms with Gasteiger partial charge in [-0.2, -0.15) is 4.80 Å². The Labute approximate surface area is 185 Å². The molecule has 9 nitrogen and oxygen atoms in total. The Morgan fingerprint density at radius 1 is 1.34 bits per heavy atom. The highest BCUT2D eigenvalue weighted by molar-refractivity contribution is 5.93. The van der Waals surface area contributed by atoms with Crippen molar-refractivity contribution in [3.63, 3.8) is 0 Å². The number of halogens is 1. The second kappa shape index (κ2) is 9.82. The van der Waals surface area contributed by atoms with Crippen LogP contribution >= 0.6 is 0 Å². The number of aromatic nitrogens is 5. The normalized spacial score (nSPS) is 16.0. The average molecular weight is 439 g/mol. The van der Waals surface area contributed by atoms with Gasteiger partial charge in [0.05, 0.1) is 13.7 Å². The van der Waals surface area contributed by atoms with E-state index >= 15 is 0 Å². The largest absolute Gasteiger partial charge is 0.494 e.